The fourth-order valence-corrected chi connectivity index (χ4v) is 6.10. The van der Waals surface area contributed by atoms with Crippen molar-refractivity contribution in [3.63, 3.8) is 0 Å². The van der Waals surface area contributed by atoms with Gasteiger partial charge in [0.2, 0.25) is 11.2 Å². The Hall–Kier alpha value is -4.05. The van der Waals surface area contributed by atoms with E-state index in [4.69, 9.17) is 18.6 Å². The van der Waals surface area contributed by atoms with E-state index >= 15 is 0 Å². The molecule has 0 unspecified atom stereocenters. The minimum atomic E-state index is -0.777. The van der Waals surface area contributed by atoms with E-state index in [-0.39, 0.29) is 23.7 Å². The van der Waals surface area contributed by atoms with Gasteiger partial charge in [-0.15, -0.1) is 0 Å². The first-order valence-electron chi connectivity index (χ1n) is 13.1. The number of hydrogen-bond donors (Lipinski definition) is 1. The summed E-state index contributed by atoms with van der Waals surface area (Å²) in [7, 11) is 1.29. The number of hydrogen-bond acceptors (Lipinski definition) is 9. The summed E-state index contributed by atoms with van der Waals surface area (Å²) < 4.78 is 24.3. The predicted octanol–water partition coefficient (Wildman–Crippen LogP) is 2.59. The van der Waals surface area contributed by atoms with Crippen molar-refractivity contribution in [2.24, 2.45) is 5.92 Å². The van der Waals surface area contributed by atoms with Gasteiger partial charge in [-0.2, -0.15) is 0 Å². The minimum Gasteiger partial charge on any atom is -0.502 e. The van der Waals surface area contributed by atoms with Crippen molar-refractivity contribution in [1.29, 1.82) is 0 Å². The largest absolute Gasteiger partial charge is 0.502 e. The number of esters is 1. The molecule has 3 atom stereocenters. The lowest BCUT2D eigenvalue weighted by Crippen LogP contribution is -2.46. The highest BCUT2D eigenvalue weighted by Gasteiger charge is 2.35. The minimum absolute atomic E-state index is 0.00804. The molecule has 3 aliphatic rings. The van der Waals surface area contributed by atoms with Crippen LogP contribution in [0.2, 0.25) is 0 Å². The van der Waals surface area contributed by atoms with Crippen molar-refractivity contribution in [1.82, 2.24) is 9.47 Å². The molecule has 1 fully saturated rings. The first-order valence-corrected chi connectivity index (χ1v) is 13.1. The van der Waals surface area contributed by atoms with Gasteiger partial charge in [0.1, 0.15) is 19.0 Å². The molecule has 2 bridgehead atoms. The number of ether oxygens (including phenoxy) is 3. The lowest BCUT2D eigenvalue weighted by molar-refractivity contribution is -0.140. The quantitative estimate of drug-likeness (QED) is 0.476. The van der Waals surface area contributed by atoms with E-state index in [9.17, 15) is 19.5 Å². The number of likely N-dealkylation sites (tertiary alicyclic amines) is 1. The van der Waals surface area contributed by atoms with E-state index in [0.29, 0.717) is 61.6 Å². The van der Waals surface area contributed by atoms with Crippen molar-refractivity contribution in [2.45, 2.75) is 37.8 Å². The van der Waals surface area contributed by atoms with E-state index in [0.717, 1.165) is 18.7 Å². The second-order valence-corrected chi connectivity index (χ2v) is 10.4. The highest BCUT2D eigenvalue weighted by atomic mass is 16.6. The van der Waals surface area contributed by atoms with E-state index in [1.54, 1.807) is 30.3 Å². The fourth-order valence-electron chi connectivity index (χ4n) is 6.10. The normalized spacial score (nSPS) is 20.6. The molecule has 0 aliphatic carbocycles. The SMILES string of the molecule is COC(=O)C[C@H](c1ccc2c(c1)OCCO2)c1oc(CN2C[C@@H]3C[C@H](C2)c2cccc(=O)n2C3)cc(=O)c1O. The molecule has 3 aromatic rings. The van der Waals surface area contributed by atoms with Crippen molar-refractivity contribution < 1.29 is 28.5 Å². The standard InChI is InChI=1S/C29H30N2O8/c1-36-27(34)12-21(18-5-6-24-25(10-18)38-8-7-37-24)29-28(35)23(32)11-20(39-29)16-30-13-17-9-19(15-30)22-3-2-4-26(33)31(22)14-17/h2-6,10-11,17,19,21,35H,7-9,12-16H2,1H3/t17-,19+,21+/m0/s1. The first-order chi connectivity index (χ1) is 18.9. The molecule has 6 rings (SSSR count). The van der Waals surface area contributed by atoms with Gasteiger partial charge >= 0.3 is 5.97 Å². The highest BCUT2D eigenvalue weighted by molar-refractivity contribution is 5.71. The molecule has 10 nitrogen and oxygen atoms in total. The number of fused-ring (bicyclic) bond motifs is 5. The number of carbonyl (C=O) groups excluding carboxylic acids is 1. The Labute approximate surface area is 224 Å². The number of benzene rings is 1. The zero-order chi connectivity index (χ0) is 27.1. The second-order valence-electron chi connectivity index (χ2n) is 10.4. The molecule has 1 saturated heterocycles. The van der Waals surface area contributed by atoms with Crippen molar-refractivity contribution in [3.05, 3.63) is 85.8 Å². The molecule has 10 heteroatoms. The van der Waals surface area contributed by atoms with Crippen LogP contribution in [0.25, 0.3) is 0 Å². The summed E-state index contributed by atoms with van der Waals surface area (Å²) in [5.74, 6) is 0.196. The Balaban J connectivity index is 1.31. The third-order valence-corrected chi connectivity index (χ3v) is 7.82. The maximum Gasteiger partial charge on any atom is 0.306 e. The second kappa shape index (κ2) is 10.3. The van der Waals surface area contributed by atoms with Crippen LogP contribution in [0.4, 0.5) is 0 Å². The molecule has 2 aromatic heterocycles. The van der Waals surface area contributed by atoms with E-state index in [1.165, 1.54) is 13.2 Å². The van der Waals surface area contributed by atoms with Crippen molar-refractivity contribution >= 4 is 5.97 Å². The smallest absolute Gasteiger partial charge is 0.306 e. The molecule has 3 aliphatic heterocycles. The van der Waals surface area contributed by atoms with Crippen LogP contribution in [-0.2, 0) is 22.6 Å². The average molecular weight is 535 g/mol. The molecule has 5 heterocycles. The summed E-state index contributed by atoms with van der Waals surface area (Å²) in [6, 6.07) is 12.0. The number of carbonyl (C=O) groups is 1. The zero-order valence-corrected chi connectivity index (χ0v) is 21.6. The fraction of sp³-hybridized carbons (Fsp3) is 0.414. The van der Waals surface area contributed by atoms with Crippen LogP contribution in [0.5, 0.6) is 17.2 Å². The molecule has 1 aromatic carbocycles. The number of methoxy groups -OCH3 is 1. The zero-order valence-electron chi connectivity index (χ0n) is 21.6. The maximum atomic E-state index is 12.9. The Bertz CT molecular complexity index is 1530. The van der Waals surface area contributed by atoms with Gasteiger partial charge in [-0.3, -0.25) is 19.3 Å². The van der Waals surface area contributed by atoms with Crippen molar-refractivity contribution in [2.75, 3.05) is 33.4 Å². The summed E-state index contributed by atoms with van der Waals surface area (Å²) in [4.78, 5) is 39.9. The van der Waals surface area contributed by atoms with Crippen molar-refractivity contribution in [3.8, 4) is 17.2 Å². The van der Waals surface area contributed by atoms with Crippen LogP contribution >= 0.6 is 0 Å². The lowest BCUT2D eigenvalue weighted by Gasteiger charge is -2.42. The van der Waals surface area contributed by atoms with E-state index < -0.39 is 23.1 Å². The van der Waals surface area contributed by atoms with Gasteiger partial charge in [-0.1, -0.05) is 12.1 Å². The number of rotatable bonds is 6. The summed E-state index contributed by atoms with van der Waals surface area (Å²) in [5, 5.41) is 10.8. The molecular weight excluding hydrogens is 504 g/mol. The summed E-state index contributed by atoms with van der Waals surface area (Å²) in [6.07, 6.45) is 0.867. The molecule has 0 amide bonds. The van der Waals surface area contributed by atoms with Crippen LogP contribution < -0.4 is 20.5 Å². The van der Waals surface area contributed by atoms with Crippen LogP contribution in [0.3, 0.4) is 0 Å². The van der Waals surface area contributed by atoms with E-state index in [1.807, 2.05) is 10.6 Å². The van der Waals surface area contributed by atoms with Crippen LogP contribution in [0.15, 0.2) is 56.5 Å². The molecule has 0 spiro atoms. The number of aromatic nitrogens is 1. The molecule has 0 saturated carbocycles. The van der Waals surface area contributed by atoms with Gasteiger partial charge in [0, 0.05) is 43.4 Å². The summed E-state index contributed by atoms with van der Waals surface area (Å²) in [6.45, 7) is 3.33. The third-order valence-electron chi connectivity index (χ3n) is 7.82. The van der Waals surface area contributed by atoms with Gasteiger partial charge in [0.15, 0.2) is 17.3 Å². The Morgan fingerprint density at radius 3 is 2.72 bits per heavy atom. The Morgan fingerprint density at radius 2 is 1.90 bits per heavy atom. The van der Waals surface area contributed by atoms with E-state index in [2.05, 4.69) is 4.90 Å². The van der Waals surface area contributed by atoms with Crippen LogP contribution in [-0.4, -0.2) is 54.0 Å². The van der Waals surface area contributed by atoms with Gasteiger partial charge in [-0.05, 0) is 36.1 Å². The van der Waals surface area contributed by atoms with Crippen LogP contribution in [0, 0.1) is 5.92 Å². The van der Waals surface area contributed by atoms with Gasteiger partial charge in [-0.25, -0.2) is 0 Å². The predicted molar refractivity (Wildman–Crippen MR) is 139 cm³/mol. The molecular formula is C29H30N2O8. The molecule has 1 N–H and O–H groups in total. The van der Waals surface area contributed by atoms with Gasteiger partial charge in [0.05, 0.1) is 26.0 Å². The number of aromatic hydroxyl groups is 1. The number of pyridine rings is 1. The molecule has 0 radical (unpaired) electrons. The summed E-state index contributed by atoms with van der Waals surface area (Å²) in [5.41, 5.74) is 1.11. The lowest BCUT2D eigenvalue weighted by atomic mass is 9.83. The average Bonchev–Trinajstić information content (AvgIpc) is 2.94. The third kappa shape index (κ3) is 4.92. The Morgan fingerprint density at radius 1 is 1.08 bits per heavy atom. The number of nitrogens with zero attached hydrogens (tertiary/aromatic N) is 2. The summed E-state index contributed by atoms with van der Waals surface area (Å²) >= 11 is 0. The van der Waals surface area contributed by atoms with Gasteiger partial charge < -0.3 is 28.3 Å². The molecule has 204 valence electrons. The maximum absolute atomic E-state index is 12.9. The monoisotopic (exact) mass is 534 g/mol. The topological polar surface area (TPSA) is 120 Å². The van der Waals surface area contributed by atoms with Crippen LogP contribution in [0.1, 0.15) is 47.5 Å². The number of piperidine rings is 1. The first kappa shape index (κ1) is 25.2. The highest BCUT2D eigenvalue weighted by Crippen LogP contribution is 2.40. The molecule has 39 heavy (non-hydrogen) atoms. The Kier molecular flexibility index (Phi) is 6.64. The van der Waals surface area contributed by atoms with Gasteiger partial charge in [0.25, 0.3) is 5.56 Å².